The van der Waals surface area contributed by atoms with Gasteiger partial charge in [0.05, 0.1) is 35.9 Å². The fourth-order valence-electron chi connectivity index (χ4n) is 5.68. The number of pyridine rings is 1. The Morgan fingerprint density at radius 3 is 2.72 bits per heavy atom. The van der Waals surface area contributed by atoms with Gasteiger partial charge in [-0.05, 0) is 63.2 Å². The van der Waals surface area contributed by atoms with Crippen LogP contribution in [0.25, 0.3) is 10.2 Å². The first-order valence-corrected chi connectivity index (χ1v) is 15.6. The molecule has 0 radical (unpaired) electrons. The number of hydrogen-bond donors (Lipinski definition) is 0. The number of methoxy groups -OCH3 is 1. The maximum absolute atomic E-state index is 14.2. The van der Waals surface area contributed by atoms with E-state index >= 15 is 0 Å². The molecule has 0 unspecified atom stereocenters. The summed E-state index contributed by atoms with van der Waals surface area (Å²) in [5.74, 6) is 0.116. The van der Waals surface area contributed by atoms with Gasteiger partial charge in [-0.1, -0.05) is 23.7 Å². The molecule has 0 aliphatic carbocycles. The van der Waals surface area contributed by atoms with Crippen LogP contribution in [0.3, 0.4) is 0 Å². The molecule has 224 valence electrons. The second kappa shape index (κ2) is 12.9. The van der Waals surface area contributed by atoms with Gasteiger partial charge < -0.3 is 18.6 Å². The average Bonchev–Trinajstić information content (AvgIpc) is 3.73. The van der Waals surface area contributed by atoms with Crippen LogP contribution in [0.5, 0.6) is 5.88 Å². The van der Waals surface area contributed by atoms with Gasteiger partial charge in [0.2, 0.25) is 5.88 Å². The number of aryl methyl sites for hydroxylation is 1. The number of thiophene rings is 1. The van der Waals surface area contributed by atoms with E-state index < -0.39 is 0 Å². The molecule has 43 heavy (non-hydrogen) atoms. The Balaban J connectivity index is 1.13. The third kappa shape index (κ3) is 6.46. The zero-order valence-electron chi connectivity index (χ0n) is 24.1. The molecular formula is C32H33ClFN5O3S. The summed E-state index contributed by atoms with van der Waals surface area (Å²) in [7, 11) is 1.41. The summed E-state index contributed by atoms with van der Waals surface area (Å²) in [5, 5.41) is 0.359. The second-order valence-corrected chi connectivity index (χ2v) is 12.2. The topological polar surface area (TPSA) is 74.4 Å². The predicted octanol–water partition coefficient (Wildman–Crippen LogP) is 6.90. The van der Waals surface area contributed by atoms with Gasteiger partial charge in [0.15, 0.2) is 0 Å². The van der Waals surface area contributed by atoms with E-state index in [1.807, 2.05) is 36.8 Å². The molecule has 8 nitrogen and oxygen atoms in total. The number of halogens is 2. The number of rotatable bonds is 10. The number of nitrogens with zero attached hydrogens (tertiary/aromatic N) is 5. The summed E-state index contributed by atoms with van der Waals surface area (Å²) >= 11 is 7.33. The molecular weight excluding hydrogens is 589 g/mol. The van der Waals surface area contributed by atoms with E-state index in [2.05, 4.69) is 32.0 Å². The number of benzene rings is 1. The van der Waals surface area contributed by atoms with E-state index in [1.165, 1.54) is 30.2 Å². The van der Waals surface area contributed by atoms with Gasteiger partial charge in [-0.2, -0.15) is 0 Å². The van der Waals surface area contributed by atoms with Gasteiger partial charge in [-0.15, -0.1) is 11.3 Å². The van der Waals surface area contributed by atoms with Crippen LogP contribution in [0.2, 0.25) is 5.02 Å². The third-order valence-corrected chi connectivity index (χ3v) is 9.33. The number of hydrogen-bond acceptors (Lipinski definition) is 7. The molecule has 5 heterocycles. The highest BCUT2D eigenvalue weighted by atomic mass is 35.5. The van der Waals surface area contributed by atoms with E-state index in [9.17, 15) is 9.18 Å². The zero-order valence-corrected chi connectivity index (χ0v) is 25.7. The molecule has 4 aromatic heterocycles. The molecule has 5 aromatic rings. The van der Waals surface area contributed by atoms with Crippen LogP contribution in [0.15, 0.2) is 61.1 Å². The fourth-order valence-corrected chi connectivity index (χ4v) is 6.89. The minimum atomic E-state index is -0.387. The van der Waals surface area contributed by atoms with Crippen molar-refractivity contribution in [2.75, 3.05) is 20.2 Å². The van der Waals surface area contributed by atoms with E-state index in [-0.39, 0.29) is 18.4 Å². The first-order valence-electron chi connectivity index (χ1n) is 14.4. The number of imidazole rings is 1. The van der Waals surface area contributed by atoms with Crippen molar-refractivity contribution in [2.45, 2.75) is 51.9 Å². The number of likely N-dealkylation sites (tertiary alicyclic amines) is 1. The molecule has 1 fully saturated rings. The van der Waals surface area contributed by atoms with Gasteiger partial charge in [-0.3, -0.25) is 4.90 Å². The summed E-state index contributed by atoms with van der Waals surface area (Å²) < 4.78 is 30.5. The maximum atomic E-state index is 14.2. The highest BCUT2D eigenvalue weighted by Crippen LogP contribution is 2.33. The van der Waals surface area contributed by atoms with Gasteiger partial charge >= 0.3 is 5.97 Å². The number of fused-ring (bicyclic) bond motifs is 1. The molecule has 0 bridgehead atoms. The zero-order chi connectivity index (χ0) is 29.9. The molecule has 1 aromatic carbocycles. The van der Waals surface area contributed by atoms with Gasteiger partial charge in [0.1, 0.15) is 17.3 Å². The Hall–Kier alpha value is -3.73. The smallest absolute Gasteiger partial charge is 0.348 e. The number of piperidine rings is 1. The first-order chi connectivity index (χ1) is 20.9. The van der Waals surface area contributed by atoms with Crippen LogP contribution in [0.1, 0.15) is 58.0 Å². The summed E-state index contributed by atoms with van der Waals surface area (Å²) in [4.78, 5) is 24.4. The van der Waals surface area contributed by atoms with Crippen molar-refractivity contribution in [1.82, 2.24) is 24.0 Å². The molecule has 11 heteroatoms. The van der Waals surface area contributed by atoms with Crippen molar-refractivity contribution in [3.8, 4) is 5.88 Å². The van der Waals surface area contributed by atoms with Crippen molar-refractivity contribution in [2.24, 2.45) is 0 Å². The summed E-state index contributed by atoms with van der Waals surface area (Å²) in [5.41, 5.74) is 4.82. The molecule has 0 saturated carbocycles. The number of carbonyl (C=O) groups is 1. The van der Waals surface area contributed by atoms with Crippen molar-refractivity contribution >= 4 is 39.1 Å². The van der Waals surface area contributed by atoms with E-state index in [1.54, 1.807) is 12.1 Å². The lowest BCUT2D eigenvalue weighted by atomic mass is 9.93. The monoisotopic (exact) mass is 621 g/mol. The molecule has 6 rings (SSSR count). The largest absolute Gasteiger partial charge is 0.473 e. The minimum absolute atomic E-state index is 0.0924. The summed E-state index contributed by atoms with van der Waals surface area (Å²) in [6, 6.07) is 14.5. The lowest BCUT2D eigenvalue weighted by Gasteiger charge is -2.32. The number of ether oxygens (including phenoxy) is 2. The Labute approximate surface area is 258 Å². The standard InChI is InChI=1S/C32H33ClFN5O3S/c1-3-38-20-35-16-25(38)18-39-24(14-29-28(39)15-30(43-29)32(40)41-2)17-37-11-9-21(10-12-37)27-5-4-6-31(36-27)42-19-22-7-8-23(33)13-26(22)34/h4-8,13-16,20-21H,3,9-12,17-19H2,1-2H3. The van der Waals surface area contributed by atoms with E-state index in [0.29, 0.717) is 33.8 Å². The lowest BCUT2D eigenvalue weighted by Crippen LogP contribution is -2.33. The summed E-state index contributed by atoms with van der Waals surface area (Å²) in [6.07, 6.45) is 5.73. The Morgan fingerprint density at radius 1 is 1.12 bits per heavy atom. The molecule has 1 aliphatic rings. The average molecular weight is 622 g/mol. The quantitative estimate of drug-likeness (QED) is 0.158. The van der Waals surface area contributed by atoms with Crippen molar-refractivity contribution in [3.63, 3.8) is 0 Å². The second-order valence-electron chi connectivity index (χ2n) is 10.7. The number of esters is 1. The molecule has 0 N–H and O–H groups in total. The highest BCUT2D eigenvalue weighted by Gasteiger charge is 2.24. The van der Waals surface area contributed by atoms with Gasteiger partial charge in [0.25, 0.3) is 0 Å². The molecule has 0 amide bonds. The summed E-state index contributed by atoms with van der Waals surface area (Å²) in [6.45, 7) is 6.41. The predicted molar refractivity (Wildman–Crippen MR) is 165 cm³/mol. The van der Waals surface area contributed by atoms with Crippen LogP contribution >= 0.6 is 22.9 Å². The minimum Gasteiger partial charge on any atom is -0.473 e. The van der Waals surface area contributed by atoms with Crippen LogP contribution in [0, 0.1) is 5.82 Å². The Kier molecular flexibility index (Phi) is 8.78. The number of carbonyl (C=O) groups excluding carboxylic acids is 1. The Bertz CT molecular complexity index is 1740. The number of aromatic nitrogens is 4. The normalized spacial score (nSPS) is 14.4. The van der Waals surface area contributed by atoms with Crippen LogP contribution in [-0.4, -0.2) is 50.2 Å². The molecule has 1 saturated heterocycles. The molecule has 0 atom stereocenters. The van der Waals surface area contributed by atoms with Crippen molar-refractivity contribution in [3.05, 3.63) is 99.4 Å². The SMILES string of the molecule is CCn1cncc1Cn1c(CN2CCC(c3cccc(OCc4ccc(Cl)cc4F)n3)CC2)cc2sc(C(=O)OC)cc21. The lowest BCUT2D eigenvalue weighted by molar-refractivity contribution is 0.0606. The van der Waals surface area contributed by atoms with E-state index in [0.717, 1.165) is 60.6 Å². The van der Waals surface area contributed by atoms with Gasteiger partial charge in [0, 0.05) is 53.2 Å². The molecule has 0 spiro atoms. The van der Waals surface area contributed by atoms with E-state index in [4.69, 9.17) is 26.1 Å². The molecule has 1 aliphatic heterocycles. The highest BCUT2D eigenvalue weighted by molar-refractivity contribution is 7.20. The Morgan fingerprint density at radius 2 is 1.95 bits per heavy atom. The first kappa shape index (κ1) is 29.3. The van der Waals surface area contributed by atoms with Crippen molar-refractivity contribution < 1.29 is 18.7 Å². The van der Waals surface area contributed by atoms with Crippen LogP contribution < -0.4 is 4.74 Å². The van der Waals surface area contributed by atoms with Crippen LogP contribution in [0.4, 0.5) is 4.39 Å². The van der Waals surface area contributed by atoms with Crippen molar-refractivity contribution in [1.29, 1.82) is 0 Å². The van der Waals surface area contributed by atoms with Gasteiger partial charge in [-0.25, -0.2) is 19.2 Å². The maximum Gasteiger partial charge on any atom is 0.348 e. The third-order valence-electron chi connectivity index (χ3n) is 8.05. The van der Waals surface area contributed by atoms with Crippen LogP contribution in [-0.2, 0) is 31.0 Å². The fraction of sp³-hybridized carbons (Fsp3) is 0.344.